The molecule has 0 aliphatic heterocycles. The molecule has 1 atom stereocenters. The maximum absolute atomic E-state index is 6.18. The summed E-state index contributed by atoms with van der Waals surface area (Å²) in [5.41, 5.74) is 7.51. The molecule has 2 rings (SSSR count). The van der Waals surface area contributed by atoms with E-state index in [1.165, 1.54) is 5.69 Å². The van der Waals surface area contributed by atoms with E-state index in [9.17, 15) is 0 Å². The zero-order chi connectivity index (χ0) is 14.9. The third-order valence-corrected chi connectivity index (χ3v) is 5.17. The highest BCUT2D eigenvalue weighted by Gasteiger charge is 2.27. The number of nitrogens with two attached hydrogens (primary N) is 1. The van der Waals surface area contributed by atoms with E-state index >= 15 is 0 Å². The van der Waals surface area contributed by atoms with Gasteiger partial charge in [0, 0.05) is 36.6 Å². The van der Waals surface area contributed by atoms with Gasteiger partial charge in [-0.15, -0.1) is 11.3 Å². The minimum absolute atomic E-state index is 0.0924. The second-order valence-electron chi connectivity index (χ2n) is 6.04. The third kappa shape index (κ3) is 2.69. The van der Waals surface area contributed by atoms with E-state index in [4.69, 9.17) is 10.7 Å². The number of fused-ring (bicyclic) bond motifs is 1. The van der Waals surface area contributed by atoms with Crippen molar-refractivity contribution in [2.24, 2.45) is 5.73 Å². The van der Waals surface area contributed by atoms with Crippen LogP contribution in [0.3, 0.4) is 0 Å². The van der Waals surface area contributed by atoms with Crippen LogP contribution in [0.15, 0.2) is 11.6 Å². The van der Waals surface area contributed by atoms with Gasteiger partial charge in [0.1, 0.15) is 0 Å². The molecule has 0 amide bonds. The number of rotatable bonds is 6. The fraction of sp³-hybridized carbons (Fsp3) is 0.667. The maximum atomic E-state index is 6.18. The molecule has 4 nitrogen and oxygen atoms in total. The Morgan fingerprint density at radius 2 is 2.15 bits per heavy atom. The van der Waals surface area contributed by atoms with Gasteiger partial charge in [-0.25, -0.2) is 4.98 Å². The molecule has 2 aromatic rings. The molecule has 0 radical (unpaired) electrons. The molecule has 5 heteroatoms. The highest BCUT2D eigenvalue weighted by Crippen LogP contribution is 2.30. The number of anilines is 1. The molecule has 0 fully saturated rings. The zero-order valence-electron chi connectivity index (χ0n) is 13.2. The Morgan fingerprint density at radius 3 is 2.75 bits per heavy atom. The van der Waals surface area contributed by atoms with Crippen LogP contribution in [-0.4, -0.2) is 28.0 Å². The number of hydrogen-bond acceptors (Lipinski definition) is 4. The Bertz CT molecular complexity index is 569. The molecular formula is C15H26N4S. The number of hydrogen-bond donors (Lipinski definition) is 1. The molecular weight excluding hydrogens is 268 g/mol. The van der Waals surface area contributed by atoms with Gasteiger partial charge in [-0.3, -0.25) is 4.40 Å². The molecule has 2 aromatic heterocycles. The lowest BCUT2D eigenvalue weighted by Crippen LogP contribution is -2.41. The number of nitrogens with zero attached hydrogens (tertiary/aromatic N) is 3. The van der Waals surface area contributed by atoms with Gasteiger partial charge in [-0.05, 0) is 26.7 Å². The van der Waals surface area contributed by atoms with Crippen LogP contribution >= 0.6 is 11.3 Å². The molecule has 0 aliphatic rings. The van der Waals surface area contributed by atoms with E-state index in [-0.39, 0.29) is 11.6 Å². The molecule has 20 heavy (non-hydrogen) atoms. The monoisotopic (exact) mass is 294 g/mol. The lowest BCUT2D eigenvalue weighted by molar-refractivity contribution is 0.465. The molecule has 112 valence electrons. The van der Waals surface area contributed by atoms with Crippen LogP contribution in [-0.2, 0) is 6.42 Å². The third-order valence-electron chi connectivity index (χ3n) is 4.41. The van der Waals surface area contributed by atoms with Crippen LogP contribution in [0, 0.1) is 0 Å². The van der Waals surface area contributed by atoms with E-state index in [2.05, 4.69) is 55.6 Å². The predicted octanol–water partition coefficient (Wildman–Crippen LogP) is 3.30. The Kier molecular flexibility index (Phi) is 4.39. The van der Waals surface area contributed by atoms with Gasteiger partial charge in [-0.1, -0.05) is 13.8 Å². The largest absolute Gasteiger partial charge is 0.353 e. The summed E-state index contributed by atoms with van der Waals surface area (Å²) in [6, 6.07) is 0.187. The smallest absolute Gasteiger partial charge is 0.195 e. The first-order chi connectivity index (χ1) is 9.40. The van der Waals surface area contributed by atoms with E-state index in [0.29, 0.717) is 0 Å². The molecule has 2 N–H and O–H groups in total. The van der Waals surface area contributed by atoms with E-state index in [1.54, 1.807) is 11.3 Å². The summed E-state index contributed by atoms with van der Waals surface area (Å²) < 4.78 is 2.19. The van der Waals surface area contributed by atoms with Gasteiger partial charge in [0.15, 0.2) is 10.8 Å². The Morgan fingerprint density at radius 1 is 1.45 bits per heavy atom. The Hall–Kier alpha value is -1.07. The quantitative estimate of drug-likeness (QED) is 0.889. The Balaban J connectivity index is 2.46. The van der Waals surface area contributed by atoms with Gasteiger partial charge in [0.2, 0.25) is 0 Å². The van der Waals surface area contributed by atoms with Crippen molar-refractivity contribution in [2.45, 2.75) is 58.5 Å². The van der Waals surface area contributed by atoms with Crippen LogP contribution in [0.25, 0.3) is 4.96 Å². The van der Waals surface area contributed by atoms with Crippen molar-refractivity contribution in [2.75, 3.05) is 11.9 Å². The minimum Gasteiger partial charge on any atom is -0.353 e. The van der Waals surface area contributed by atoms with Crippen molar-refractivity contribution >= 4 is 22.1 Å². The van der Waals surface area contributed by atoms with Crippen LogP contribution < -0.4 is 10.6 Å². The fourth-order valence-electron chi connectivity index (χ4n) is 2.20. The standard InChI is InChI=1S/C15H26N4S/c1-6-11(16)10-12-13(18(5)15(3,4)7-2)17-14-19(12)8-9-20-14/h8-9,11H,6-7,10,16H2,1-5H3. The molecule has 0 bridgehead atoms. The van der Waals surface area contributed by atoms with Crippen molar-refractivity contribution in [3.63, 3.8) is 0 Å². The van der Waals surface area contributed by atoms with Gasteiger partial charge in [-0.2, -0.15) is 0 Å². The maximum Gasteiger partial charge on any atom is 0.195 e. The molecule has 0 aromatic carbocycles. The normalized spacial score (nSPS) is 13.9. The molecule has 0 spiro atoms. The van der Waals surface area contributed by atoms with E-state index in [0.717, 1.165) is 30.0 Å². The van der Waals surface area contributed by atoms with Gasteiger partial charge in [0.25, 0.3) is 0 Å². The van der Waals surface area contributed by atoms with E-state index < -0.39 is 0 Å². The van der Waals surface area contributed by atoms with Gasteiger partial charge < -0.3 is 10.6 Å². The van der Waals surface area contributed by atoms with Crippen LogP contribution in [0.2, 0.25) is 0 Å². The van der Waals surface area contributed by atoms with Crippen molar-refractivity contribution in [3.8, 4) is 0 Å². The summed E-state index contributed by atoms with van der Waals surface area (Å²) in [5, 5.41) is 2.08. The van der Waals surface area contributed by atoms with Crippen molar-refractivity contribution in [1.29, 1.82) is 0 Å². The SMILES string of the molecule is CCC(N)Cc1c(N(C)C(C)(C)CC)nc2sccn12. The minimum atomic E-state index is 0.0924. The molecule has 2 heterocycles. The zero-order valence-corrected chi connectivity index (χ0v) is 14.0. The summed E-state index contributed by atoms with van der Waals surface area (Å²) in [6.07, 6.45) is 5.03. The number of imidazole rings is 1. The summed E-state index contributed by atoms with van der Waals surface area (Å²) in [6.45, 7) is 8.86. The highest BCUT2D eigenvalue weighted by molar-refractivity contribution is 7.15. The van der Waals surface area contributed by atoms with Crippen LogP contribution in [0.4, 0.5) is 5.82 Å². The first kappa shape index (κ1) is 15.3. The van der Waals surface area contributed by atoms with Crippen molar-refractivity contribution in [1.82, 2.24) is 9.38 Å². The summed E-state index contributed by atoms with van der Waals surface area (Å²) in [5.74, 6) is 1.08. The average Bonchev–Trinajstić information content (AvgIpc) is 3.00. The van der Waals surface area contributed by atoms with Gasteiger partial charge in [0.05, 0.1) is 5.69 Å². The van der Waals surface area contributed by atoms with Crippen LogP contribution in [0.1, 0.15) is 46.2 Å². The average molecular weight is 294 g/mol. The number of thiazole rings is 1. The molecule has 0 aliphatic carbocycles. The predicted molar refractivity (Wildman–Crippen MR) is 87.8 cm³/mol. The fourth-order valence-corrected chi connectivity index (χ4v) is 2.92. The topological polar surface area (TPSA) is 46.6 Å². The van der Waals surface area contributed by atoms with Gasteiger partial charge >= 0.3 is 0 Å². The molecule has 0 saturated carbocycles. The van der Waals surface area contributed by atoms with Crippen molar-refractivity contribution in [3.05, 3.63) is 17.3 Å². The summed E-state index contributed by atoms with van der Waals surface area (Å²) in [4.78, 5) is 8.17. The summed E-state index contributed by atoms with van der Waals surface area (Å²) >= 11 is 1.68. The first-order valence-corrected chi connectivity index (χ1v) is 8.22. The Labute approximate surface area is 125 Å². The van der Waals surface area contributed by atoms with Crippen LogP contribution in [0.5, 0.6) is 0 Å². The van der Waals surface area contributed by atoms with E-state index in [1.807, 2.05) is 0 Å². The summed E-state index contributed by atoms with van der Waals surface area (Å²) in [7, 11) is 2.14. The highest BCUT2D eigenvalue weighted by atomic mass is 32.1. The molecule has 0 saturated heterocycles. The second-order valence-corrected chi connectivity index (χ2v) is 6.91. The second kappa shape index (κ2) is 5.74. The lowest BCUT2D eigenvalue weighted by Gasteiger charge is -2.36. The molecule has 1 unspecified atom stereocenters. The van der Waals surface area contributed by atoms with Crippen molar-refractivity contribution < 1.29 is 0 Å². The lowest BCUT2D eigenvalue weighted by atomic mass is 9.99. The number of aromatic nitrogens is 2. The first-order valence-electron chi connectivity index (χ1n) is 7.34.